The smallest absolute Gasteiger partial charge is 0.153 e. The van der Waals surface area contributed by atoms with Crippen molar-refractivity contribution >= 4 is 13.5 Å². The van der Waals surface area contributed by atoms with E-state index >= 15 is 0 Å². The maximum atomic E-state index is 6.40. The summed E-state index contributed by atoms with van der Waals surface area (Å²) in [5.74, 6) is 0.782. The molecule has 0 saturated heterocycles. The van der Waals surface area contributed by atoms with E-state index in [1.165, 1.54) is 0 Å². The average molecular weight is 450 g/mol. The zero-order valence-corrected chi connectivity index (χ0v) is 20.1. The standard InChI is InChI=1S/C28H27N3OSi/c1-33(2,3)27-20-19-26(32-27)25-21-29-30-31(25)28(22-13-7-4-8-14-22,23-15-9-5-10-16-23)24-17-11-6-12-18-24/h4-21H,1-3H3. The van der Waals surface area contributed by atoms with E-state index < -0.39 is 13.6 Å². The lowest BCUT2D eigenvalue weighted by atomic mass is 9.77. The van der Waals surface area contributed by atoms with Crippen molar-refractivity contribution in [1.82, 2.24) is 15.0 Å². The highest BCUT2D eigenvalue weighted by molar-refractivity contribution is 6.87. The molecule has 0 radical (unpaired) electrons. The molecule has 2 aromatic heterocycles. The minimum absolute atomic E-state index is 0.721. The molecule has 0 amide bonds. The third-order valence-corrected chi connectivity index (χ3v) is 7.79. The van der Waals surface area contributed by atoms with Gasteiger partial charge in [0, 0.05) is 0 Å². The zero-order valence-electron chi connectivity index (χ0n) is 19.1. The van der Waals surface area contributed by atoms with Crippen LogP contribution in [0.1, 0.15) is 16.7 Å². The number of hydrogen-bond acceptors (Lipinski definition) is 3. The van der Waals surface area contributed by atoms with Crippen molar-refractivity contribution in [2.24, 2.45) is 0 Å². The molecular weight excluding hydrogens is 422 g/mol. The second-order valence-electron chi connectivity index (χ2n) is 9.25. The van der Waals surface area contributed by atoms with Crippen LogP contribution < -0.4 is 5.38 Å². The Bertz CT molecular complexity index is 1240. The molecule has 5 aromatic rings. The molecule has 0 aliphatic carbocycles. The molecule has 164 valence electrons. The predicted octanol–water partition coefficient (Wildman–Crippen LogP) is 5.92. The van der Waals surface area contributed by atoms with Gasteiger partial charge in [0.05, 0.1) is 11.6 Å². The van der Waals surface area contributed by atoms with E-state index in [0.717, 1.165) is 33.5 Å². The first-order chi connectivity index (χ1) is 16.0. The number of benzene rings is 3. The van der Waals surface area contributed by atoms with E-state index in [1.54, 1.807) is 6.20 Å². The first-order valence-electron chi connectivity index (χ1n) is 11.2. The Morgan fingerprint density at radius 2 is 1.15 bits per heavy atom. The Kier molecular flexibility index (Phi) is 5.34. The van der Waals surface area contributed by atoms with Gasteiger partial charge in [0.1, 0.15) is 19.3 Å². The SMILES string of the molecule is C[Si](C)(C)c1ccc(-c2cnnn2C(c2ccccc2)(c2ccccc2)c2ccccc2)o1. The lowest BCUT2D eigenvalue weighted by Crippen LogP contribution is -2.39. The van der Waals surface area contributed by atoms with Crippen LogP contribution in [0.15, 0.2) is 114 Å². The Hall–Kier alpha value is -3.70. The monoisotopic (exact) mass is 449 g/mol. The van der Waals surface area contributed by atoms with Crippen LogP contribution in [-0.2, 0) is 5.54 Å². The highest BCUT2D eigenvalue weighted by Gasteiger charge is 2.41. The number of rotatable bonds is 6. The maximum absolute atomic E-state index is 6.40. The molecule has 0 aliphatic heterocycles. The Morgan fingerprint density at radius 1 is 0.667 bits per heavy atom. The topological polar surface area (TPSA) is 43.9 Å². The zero-order chi connectivity index (χ0) is 22.9. The van der Waals surface area contributed by atoms with Crippen molar-refractivity contribution in [2.75, 3.05) is 0 Å². The molecule has 4 nitrogen and oxygen atoms in total. The van der Waals surface area contributed by atoms with Crippen molar-refractivity contribution in [2.45, 2.75) is 25.2 Å². The largest absolute Gasteiger partial charge is 0.465 e. The summed E-state index contributed by atoms with van der Waals surface area (Å²) in [6.07, 6.45) is 1.80. The lowest BCUT2D eigenvalue weighted by Gasteiger charge is -2.36. The molecule has 0 saturated carbocycles. The van der Waals surface area contributed by atoms with Crippen molar-refractivity contribution in [3.8, 4) is 11.5 Å². The number of furan rings is 1. The fourth-order valence-electron chi connectivity index (χ4n) is 4.43. The van der Waals surface area contributed by atoms with Crippen molar-refractivity contribution < 1.29 is 4.42 Å². The molecule has 0 atom stereocenters. The molecule has 33 heavy (non-hydrogen) atoms. The second-order valence-corrected chi connectivity index (χ2v) is 14.2. The first kappa shape index (κ1) is 21.2. The van der Waals surface area contributed by atoms with Gasteiger partial charge in [-0.2, -0.15) is 0 Å². The highest BCUT2D eigenvalue weighted by Crippen LogP contribution is 2.42. The molecule has 2 heterocycles. The van der Waals surface area contributed by atoms with Crippen LogP contribution in [0, 0.1) is 0 Å². The molecule has 0 bridgehead atoms. The van der Waals surface area contributed by atoms with Crippen LogP contribution in [0.4, 0.5) is 0 Å². The minimum atomic E-state index is -1.60. The molecule has 0 aliphatic rings. The number of nitrogens with zero attached hydrogens (tertiary/aromatic N) is 3. The normalized spacial score (nSPS) is 12.1. The van der Waals surface area contributed by atoms with Gasteiger partial charge in [-0.05, 0) is 28.8 Å². The van der Waals surface area contributed by atoms with Gasteiger partial charge in [0.15, 0.2) is 5.76 Å². The second kappa shape index (κ2) is 8.33. The molecule has 0 spiro atoms. The molecule has 3 aromatic carbocycles. The summed E-state index contributed by atoms with van der Waals surface area (Å²) in [5.41, 5.74) is 3.43. The predicted molar refractivity (Wildman–Crippen MR) is 135 cm³/mol. The minimum Gasteiger partial charge on any atom is -0.465 e. The van der Waals surface area contributed by atoms with Crippen LogP contribution in [0.2, 0.25) is 19.6 Å². The summed E-state index contributed by atoms with van der Waals surface area (Å²) in [5, 5.41) is 10.1. The quantitative estimate of drug-likeness (QED) is 0.239. The molecule has 0 N–H and O–H groups in total. The maximum Gasteiger partial charge on any atom is 0.153 e. The summed E-state index contributed by atoms with van der Waals surface area (Å²) < 4.78 is 8.41. The summed E-state index contributed by atoms with van der Waals surface area (Å²) >= 11 is 0. The van der Waals surface area contributed by atoms with Gasteiger partial charge in [-0.15, -0.1) is 5.10 Å². The van der Waals surface area contributed by atoms with Gasteiger partial charge in [-0.3, -0.25) is 0 Å². The molecule has 5 rings (SSSR count). The highest BCUT2D eigenvalue weighted by atomic mass is 28.3. The number of hydrogen-bond donors (Lipinski definition) is 0. The van der Waals surface area contributed by atoms with Gasteiger partial charge in [-0.1, -0.05) is 116 Å². The van der Waals surface area contributed by atoms with Crippen LogP contribution in [0.5, 0.6) is 0 Å². The Labute approximate surface area is 195 Å². The van der Waals surface area contributed by atoms with Crippen molar-refractivity contribution in [1.29, 1.82) is 0 Å². The lowest BCUT2D eigenvalue weighted by molar-refractivity contribution is 0.445. The summed E-state index contributed by atoms with van der Waals surface area (Å²) in [7, 11) is -1.60. The Balaban J connectivity index is 1.85. The average Bonchev–Trinajstić information content (AvgIpc) is 3.52. The summed E-state index contributed by atoms with van der Waals surface area (Å²) in [6, 6.07) is 35.6. The molecule has 0 unspecified atom stereocenters. The molecule has 0 fully saturated rings. The number of aromatic nitrogens is 3. The van der Waals surface area contributed by atoms with Gasteiger partial charge in [0.2, 0.25) is 0 Å². The first-order valence-corrected chi connectivity index (χ1v) is 14.7. The molecule has 5 heteroatoms. The van der Waals surface area contributed by atoms with Gasteiger partial charge >= 0.3 is 0 Å². The fourth-order valence-corrected chi connectivity index (χ4v) is 5.43. The Morgan fingerprint density at radius 3 is 1.58 bits per heavy atom. The van der Waals surface area contributed by atoms with E-state index in [1.807, 2.05) is 22.9 Å². The van der Waals surface area contributed by atoms with Crippen LogP contribution in [0.3, 0.4) is 0 Å². The fraction of sp³-hybridized carbons (Fsp3) is 0.143. The molecular formula is C28H27N3OSi. The van der Waals surface area contributed by atoms with Crippen LogP contribution in [0.25, 0.3) is 11.5 Å². The van der Waals surface area contributed by atoms with E-state index in [-0.39, 0.29) is 0 Å². The third kappa shape index (κ3) is 3.64. The van der Waals surface area contributed by atoms with Crippen molar-refractivity contribution in [3.05, 3.63) is 126 Å². The summed E-state index contributed by atoms with van der Waals surface area (Å²) in [6.45, 7) is 6.86. The van der Waals surface area contributed by atoms with E-state index in [9.17, 15) is 0 Å². The van der Waals surface area contributed by atoms with E-state index in [2.05, 4.69) is 115 Å². The van der Waals surface area contributed by atoms with Crippen molar-refractivity contribution in [3.63, 3.8) is 0 Å². The summed E-state index contributed by atoms with van der Waals surface area (Å²) in [4.78, 5) is 0. The van der Waals surface area contributed by atoms with Gasteiger partial charge in [-0.25, -0.2) is 4.68 Å². The van der Waals surface area contributed by atoms with Crippen LogP contribution >= 0.6 is 0 Å². The van der Waals surface area contributed by atoms with E-state index in [0.29, 0.717) is 0 Å². The third-order valence-electron chi connectivity index (χ3n) is 6.04. The van der Waals surface area contributed by atoms with E-state index in [4.69, 9.17) is 4.42 Å². The van der Waals surface area contributed by atoms with Gasteiger partial charge in [0.25, 0.3) is 0 Å². The van der Waals surface area contributed by atoms with Crippen LogP contribution in [-0.4, -0.2) is 23.1 Å². The van der Waals surface area contributed by atoms with Gasteiger partial charge < -0.3 is 4.42 Å².